The highest BCUT2D eigenvalue weighted by atomic mass is 16.3. The van der Waals surface area contributed by atoms with Crippen LogP contribution in [0.2, 0.25) is 0 Å². The first-order chi connectivity index (χ1) is 6.22. The summed E-state index contributed by atoms with van der Waals surface area (Å²) < 4.78 is 2.34. The van der Waals surface area contributed by atoms with Gasteiger partial charge in [-0.2, -0.15) is 0 Å². The van der Waals surface area contributed by atoms with Crippen LogP contribution in [0.5, 0.6) is 0 Å². The molecule has 0 unspecified atom stereocenters. The van der Waals surface area contributed by atoms with Crippen LogP contribution in [0.3, 0.4) is 0 Å². The fraction of sp³-hybridized carbons (Fsp3) is 0.636. The maximum Gasteiger partial charge on any atom is 0.0699 e. The lowest BCUT2D eigenvalue weighted by atomic mass is 10.2. The van der Waals surface area contributed by atoms with Gasteiger partial charge in [0.25, 0.3) is 0 Å². The van der Waals surface area contributed by atoms with Crippen molar-refractivity contribution in [1.29, 1.82) is 0 Å². The second-order valence-electron chi connectivity index (χ2n) is 4.11. The molecule has 0 aliphatic heterocycles. The third-order valence-corrected chi connectivity index (χ3v) is 2.99. The van der Waals surface area contributed by atoms with E-state index in [1.807, 2.05) is 0 Å². The van der Waals surface area contributed by atoms with Gasteiger partial charge in [0, 0.05) is 17.9 Å². The molecule has 1 aliphatic rings. The summed E-state index contributed by atoms with van der Waals surface area (Å²) in [6.07, 6.45) is 2.76. The SMILES string of the molecule is Cc1cc(CO)c(C)n1CC1CC1. The second-order valence-corrected chi connectivity index (χ2v) is 4.11. The summed E-state index contributed by atoms with van der Waals surface area (Å²) in [5.74, 6) is 0.899. The van der Waals surface area contributed by atoms with Gasteiger partial charge in [0.05, 0.1) is 6.61 Å². The summed E-state index contributed by atoms with van der Waals surface area (Å²) in [7, 11) is 0. The van der Waals surface area contributed by atoms with Gasteiger partial charge in [-0.3, -0.25) is 0 Å². The van der Waals surface area contributed by atoms with E-state index >= 15 is 0 Å². The smallest absolute Gasteiger partial charge is 0.0699 e. The third kappa shape index (κ3) is 1.63. The third-order valence-electron chi connectivity index (χ3n) is 2.99. The molecule has 0 bridgehead atoms. The van der Waals surface area contributed by atoms with Gasteiger partial charge >= 0.3 is 0 Å². The molecule has 13 heavy (non-hydrogen) atoms. The number of aryl methyl sites for hydroxylation is 1. The maximum atomic E-state index is 9.09. The standard InChI is InChI=1S/C11H17NO/c1-8-5-11(7-13)9(2)12(8)6-10-3-4-10/h5,10,13H,3-4,6-7H2,1-2H3. The van der Waals surface area contributed by atoms with Crippen molar-refractivity contribution in [1.82, 2.24) is 4.57 Å². The Morgan fingerprint density at radius 3 is 2.62 bits per heavy atom. The van der Waals surface area contributed by atoms with Crippen molar-refractivity contribution in [2.75, 3.05) is 0 Å². The Balaban J connectivity index is 2.25. The molecule has 2 rings (SSSR count). The molecule has 1 N–H and O–H groups in total. The van der Waals surface area contributed by atoms with Crippen LogP contribution in [0.15, 0.2) is 6.07 Å². The first-order valence-electron chi connectivity index (χ1n) is 4.99. The predicted octanol–water partition coefficient (Wildman–Crippen LogP) is 2.01. The molecule has 72 valence electrons. The minimum atomic E-state index is 0.171. The van der Waals surface area contributed by atoms with Crippen molar-refractivity contribution in [2.45, 2.75) is 39.8 Å². The van der Waals surface area contributed by atoms with E-state index in [4.69, 9.17) is 5.11 Å². The monoisotopic (exact) mass is 179 g/mol. The fourth-order valence-corrected chi connectivity index (χ4v) is 1.87. The van der Waals surface area contributed by atoms with Gasteiger partial charge in [0.2, 0.25) is 0 Å². The highest BCUT2D eigenvalue weighted by Gasteiger charge is 2.23. The Hall–Kier alpha value is -0.760. The number of hydrogen-bond acceptors (Lipinski definition) is 1. The Morgan fingerprint density at radius 1 is 1.46 bits per heavy atom. The van der Waals surface area contributed by atoms with E-state index in [1.54, 1.807) is 0 Å². The predicted molar refractivity (Wildman–Crippen MR) is 52.6 cm³/mol. The van der Waals surface area contributed by atoms with Gasteiger partial charge in [0.15, 0.2) is 0 Å². The largest absolute Gasteiger partial charge is 0.392 e. The van der Waals surface area contributed by atoms with Gasteiger partial charge in [-0.1, -0.05) is 0 Å². The Bertz CT molecular complexity index is 310. The molecule has 0 radical (unpaired) electrons. The molecule has 2 nitrogen and oxygen atoms in total. The maximum absolute atomic E-state index is 9.09. The van der Waals surface area contributed by atoms with E-state index in [1.165, 1.54) is 24.2 Å². The van der Waals surface area contributed by atoms with E-state index < -0.39 is 0 Å². The second kappa shape index (κ2) is 3.18. The molecule has 2 heteroatoms. The van der Waals surface area contributed by atoms with Crippen molar-refractivity contribution in [3.63, 3.8) is 0 Å². The average molecular weight is 179 g/mol. The van der Waals surface area contributed by atoms with Crippen LogP contribution in [0.25, 0.3) is 0 Å². The van der Waals surface area contributed by atoms with Crippen molar-refractivity contribution in [3.05, 3.63) is 23.0 Å². The zero-order chi connectivity index (χ0) is 9.42. The highest BCUT2D eigenvalue weighted by Crippen LogP contribution is 2.32. The molecule has 1 heterocycles. The Morgan fingerprint density at radius 2 is 2.15 bits per heavy atom. The van der Waals surface area contributed by atoms with Crippen LogP contribution in [0.4, 0.5) is 0 Å². The minimum absolute atomic E-state index is 0.171. The normalized spacial score (nSPS) is 16.5. The van der Waals surface area contributed by atoms with E-state index in [2.05, 4.69) is 24.5 Å². The molecule has 0 atom stereocenters. The summed E-state index contributed by atoms with van der Waals surface area (Å²) in [4.78, 5) is 0. The van der Waals surface area contributed by atoms with Gasteiger partial charge in [-0.15, -0.1) is 0 Å². The van der Waals surface area contributed by atoms with Crippen LogP contribution in [-0.2, 0) is 13.2 Å². The summed E-state index contributed by atoms with van der Waals surface area (Å²) in [6.45, 7) is 5.54. The molecule has 0 amide bonds. The molecular weight excluding hydrogens is 162 g/mol. The Labute approximate surface area is 79.2 Å². The molecule has 0 spiro atoms. The highest BCUT2D eigenvalue weighted by molar-refractivity contribution is 5.26. The molecule has 0 aromatic carbocycles. The number of aromatic nitrogens is 1. The zero-order valence-electron chi connectivity index (χ0n) is 8.38. The lowest BCUT2D eigenvalue weighted by molar-refractivity contribution is 0.280. The van der Waals surface area contributed by atoms with Gasteiger partial charge in [-0.25, -0.2) is 0 Å². The summed E-state index contributed by atoms with van der Waals surface area (Å²) >= 11 is 0. The van der Waals surface area contributed by atoms with Gasteiger partial charge in [-0.05, 0) is 44.2 Å². The van der Waals surface area contributed by atoms with E-state index in [9.17, 15) is 0 Å². The average Bonchev–Trinajstić information content (AvgIpc) is 2.87. The van der Waals surface area contributed by atoms with E-state index in [0.29, 0.717) is 0 Å². The van der Waals surface area contributed by atoms with Crippen molar-refractivity contribution < 1.29 is 5.11 Å². The lowest BCUT2D eigenvalue weighted by Crippen LogP contribution is -2.04. The van der Waals surface area contributed by atoms with Crippen LogP contribution in [0.1, 0.15) is 29.8 Å². The molecule has 1 aliphatic carbocycles. The van der Waals surface area contributed by atoms with Crippen LogP contribution < -0.4 is 0 Å². The number of aliphatic hydroxyl groups excluding tert-OH is 1. The summed E-state index contributed by atoms with van der Waals surface area (Å²) in [5.41, 5.74) is 3.61. The van der Waals surface area contributed by atoms with Crippen LogP contribution in [-0.4, -0.2) is 9.67 Å². The number of rotatable bonds is 3. The van der Waals surface area contributed by atoms with Crippen molar-refractivity contribution in [3.8, 4) is 0 Å². The fourth-order valence-electron chi connectivity index (χ4n) is 1.87. The van der Waals surface area contributed by atoms with Gasteiger partial charge < -0.3 is 9.67 Å². The molecule has 1 saturated carbocycles. The van der Waals surface area contributed by atoms with E-state index in [0.717, 1.165) is 18.0 Å². The number of hydrogen-bond donors (Lipinski definition) is 1. The first kappa shape index (κ1) is 8.82. The quantitative estimate of drug-likeness (QED) is 0.754. The zero-order valence-corrected chi connectivity index (χ0v) is 8.38. The molecule has 1 aromatic heterocycles. The summed E-state index contributed by atoms with van der Waals surface area (Å²) in [5, 5.41) is 9.09. The van der Waals surface area contributed by atoms with Gasteiger partial charge in [0.1, 0.15) is 0 Å². The lowest BCUT2D eigenvalue weighted by Gasteiger charge is -2.08. The van der Waals surface area contributed by atoms with Crippen molar-refractivity contribution >= 4 is 0 Å². The molecule has 1 aromatic rings. The summed E-state index contributed by atoms with van der Waals surface area (Å²) in [6, 6.07) is 2.09. The van der Waals surface area contributed by atoms with E-state index in [-0.39, 0.29) is 6.61 Å². The van der Waals surface area contributed by atoms with Crippen LogP contribution in [0, 0.1) is 19.8 Å². The Kier molecular flexibility index (Phi) is 2.16. The minimum Gasteiger partial charge on any atom is -0.392 e. The number of nitrogens with zero attached hydrogens (tertiary/aromatic N) is 1. The number of aliphatic hydroxyl groups is 1. The van der Waals surface area contributed by atoms with Crippen LogP contribution >= 0.6 is 0 Å². The van der Waals surface area contributed by atoms with Crippen molar-refractivity contribution in [2.24, 2.45) is 5.92 Å². The molecule has 0 saturated heterocycles. The topological polar surface area (TPSA) is 25.2 Å². The molecular formula is C11H17NO. The molecule has 1 fully saturated rings. The first-order valence-corrected chi connectivity index (χ1v) is 4.99.